The zero-order chi connectivity index (χ0) is 21.9. The second-order valence-electron chi connectivity index (χ2n) is 6.94. The largest absolute Gasteiger partial charge is 0.344 e. The number of fused-ring (bicyclic) bond motifs is 1. The van der Waals surface area contributed by atoms with Crippen molar-refractivity contribution in [2.45, 2.75) is 0 Å². The van der Waals surface area contributed by atoms with Gasteiger partial charge in [-0.1, -0.05) is 12.6 Å². The van der Waals surface area contributed by atoms with Gasteiger partial charge in [-0.25, -0.2) is 14.6 Å². The highest BCUT2D eigenvalue weighted by atomic mass is 16.1. The Kier molecular flexibility index (Phi) is 4.89. The number of rotatable bonds is 6. The van der Waals surface area contributed by atoms with Crippen molar-refractivity contribution < 1.29 is 4.79 Å². The van der Waals surface area contributed by atoms with Crippen LogP contribution in [0, 0.1) is 0 Å². The Morgan fingerprint density at radius 2 is 2.03 bits per heavy atom. The highest BCUT2D eigenvalue weighted by Gasteiger charge is 2.12. The molecule has 0 fully saturated rings. The molecule has 4 heterocycles. The van der Waals surface area contributed by atoms with Crippen LogP contribution < -0.4 is 10.6 Å². The smallest absolute Gasteiger partial charge is 0.247 e. The fourth-order valence-electron chi connectivity index (χ4n) is 3.28. The van der Waals surface area contributed by atoms with Gasteiger partial charge in [0.25, 0.3) is 0 Å². The number of nitrogens with one attached hydrogen (secondary N) is 3. The number of H-pyrrole nitrogens is 1. The maximum atomic E-state index is 11.5. The molecule has 5 rings (SSSR count). The van der Waals surface area contributed by atoms with Crippen molar-refractivity contribution in [3.63, 3.8) is 0 Å². The Labute approximate surface area is 182 Å². The summed E-state index contributed by atoms with van der Waals surface area (Å²) in [6.07, 6.45) is 11.9. The van der Waals surface area contributed by atoms with E-state index in [9.17, 15) is 4.79 Å². The fourth-order valence-corrected chi connectivity index (χ4v) is 3.28. The average molecular weight is 422 g/mol. The van der Waals surface area contributed by atoms with Gasteiger partial charge in [-0.05, 0) is 36.4 Å². The number of nitrogens with zero attached hydrogens (tertiary/aromatic N) is 5. The maximum Gasteiger partial charge on any atom is 0.247 e. The van der Waals surface area contributed by atoms with E-state index >= 15 is 0 Å². The number of pyridine rings is 1. The average Bonchev–Trinajstić information content (AvgIpc) is 3.47. The zero-order valence-electron chi connectivity index (χ0n) is 16.9. The third-order valence-electron chi connectivity index (χ3n) is 4.77. The predicted molar refractivity (Wildman–Crippen MR) is 123 cm³/mol. The molecule has 4 aromatic heterocycles. The van der Waals surface area contributed by atoms with Crippen molar-refractivity contribution in [2.24, 2.45) is 0 Å². The van der Waals surface area contributed by atoms with Crippen LogP contribution in [-0.4, -0.2) is 35.6 Å². The van der Waals surface area contributed by atoms with E-state index in [0.717, 1.165) is 28.0 Å². The number of amides is 1. The molecule has 0 unspecified atom stereocenters. The first-order valence-electron chi connectivity index (χ1n) is 9.80. The van der Waals surface area contributed by atoms with Crippen molar-refractivity contribution in [3.8, 4) is 16.8 Å². The molecule has 1 amide bonds. The zero-order valence-corrected chi connectivity index (χ0v) is 16.9. The molecule has 1 aromatic carbocycles. The van der Waals surface area contributed by atoms with E-state index in [2.05, 4.69) is 37.3 Å². The lowest BCUT2D eigenvalue weighted by Gasteiger charge is -2.08. The molecule has 32 heavy (non-hydrogen) atoms. The lowest BCUT2D eigenvalue weighted by atomic mass is 10.2. The summed E-state index contributed by atoms with van der Waals surface area (Å²) in [7, 11) is 0. The molecular formula is C23H18N8O. The SMILES string of the molecule is C=CC(=O)Nc1cccc(Nc2cnc3[nH]cc(-c4cnn(-c5cccnc5)c4)c3n2)c1. The topological polar surface area (TPSA) is 113 Å². The van der Waals surface area contributed by atoms with Crippen molar-refractivity contribution in [2.75, 3.05) is 10.6 Å². The molecule has 9 nitrogen and oxygen atoms in total. The van der Waals surface area contributed by atoms with Gasteiger partial charge in [-0.3, -0.25) is 9.78 Å². The van der Waals surface area contributed by atoms with Gasteiger partial charge in [0, 0.05) is 41.1 Å². The third-order valence-corrected chi connectivity index (χ3v) is 4.77. The maximum absolute atomic E-state index is 11.5. The predicted octanol–water partition coefficient (Wildman–Crippen LogP) is 4.07. The number of aromatic amines is 1. The Balaban J connectivity index is 1.44. The highest BCUT2D eigenvalue weighted by molar-refractivity contribution is 5.99. The van der Waals surface area contributed by atoms with Gasteiger partial charge in [0.05, 0.1) is 24.3 Å². The van der Waals surface area contributed by atoms with Gasteiger partial charge >= 0.3 is 0 Å². The molecule has 0 radical (unpaired) electrons. The molecule has 3 N–H and O–H groups in total. The van der Waals surface area contributed by atoms with Crippen molar-refractivity contribution in [1.29, 1.82) is 0 Å². The van der Waals surface area contributed by atoms with Crippen molar-refractivity contribution in [1.82, 2.24) is 29.7 Å². The summed E-state index contributed by atoms with van der Waals surface area (Å²) >= 11 is 0. The second kappa shape index (κ2) is 8.15. The number of anilines is 3. The lowest BCUT2D eigenvalue weighted by Crippen LogP contribution is -2.07. The number of carbonyl (C=O) groups is 1. The van der Waals surface area contributed by atoms with Crippen LogP contribution in [0.15, 0.2) is 86.2 Å². The van der Waals surface area contributed by atoms with Gasteiger partial charge in [0.15, 0.2) is 5.65 Å². The monoisotopic (exact) mass is 422 g/mol. The molecule has 5 aromatic rings. The highest BCUT2D eigenvalue weighted by Crippen LogP contribution is 2.28. The summed E-state index contributed by atoms with van der Waals surface area (Å²) in [5.41, 5.74) is 5.47. The number of carbonyl (C=O) groups excluding carboxylic acids is 1. The van der Waals surface area contributed by atoms with Crippen LogP contribution in [0.5, 0.6) is 0 Å². The molecule has 0 aliphatic heterocycles. The van der Waals surface area contributed by atoms with Crippen LogP contribution in [0.2, 0.25) is 0 Å². The van der Waals surface area contributed by atoms with E-state index in [0.29, 0.717) is 17.2 Å². The van der Waals surface area contributed by atoms with E-state index in [-0.39, 0.29) is 5.91 Å². The van der Waals surface area contributed by atoms with Crippen LogP contribution in [0.1, 0.15) is 0 Å². The molecule has 0 aliphatic rings. The molecule has 0 atom stereocenters. The van der Waals surface area contributed by atoms with Crippen LogP contribution in [-0.2, 0) is 4.79 Å². The van der Waals surface area contributed by atoms with E-state index in [1.807, 2.05) is 42.7 Å². The first-order valence-corrected chi connectivity index (χ1v) is 9.80. The van der Waals surface area contributed by atoms with Gasteiger partial charge in [0.2, 0.25) is 5.91 Å². The molecule has 0 spiro atoms. The lowest BCUT2D eigenvalue weighted by molar-refractivity contribution is -0.111. The number of aromatic nitrogens is 6. The fraction of sp³-hybridized carbons (Fsp3) is 0. The van der Waals surface area contributed by atoms with Crippen molar-refractivity contribution >= 4 is 34.3 Å². The minimum atomic E-state index is -0.271. The molecule has 0 saturated carbocycles. The van der Waals surface area contributed by atoms with Gasteiger partial charge in [0.1, 0.15) is 11.3 Å². The second-order valence-corrected chi connectivity index (χ2v) is 6.94. The Morgan fingerprint density at radius 3 is 2.88 bits per heavy atom. The van der Waals surface area contributed by atoms with Gasteiger partial charge in [-0.15, -0.1) is 0 Å². The standard InChI is InChI=1S/C23H18N8O/c1-2-21(32)29-17-6-3-5-16(9-17)28-20-13-26-23-22(30-20)19(12-25-23)15-10-27-31(14-15)18-7-4-8-24-11-18/h2-14H,1H2,(H,25,26)(H,28,30)(H,29,32). The summed E-state index contributed by atoms with van der Waals surface area (Å²) in [6.45, 7) is 3.46. The van der Waals surface area contributed by atoms with E-state index in [1.54, 1.807) is 35.5 Å². The van der Waals surface area contributed by atoms with Crippen LogP contribution >= 0.6 is 0 Å². The first kappa shape index (κ1) is 19.2. The first-order chi connectivity index (χ1) is 15.7. The van der Waals surface area contributed by atoms with Crippen LogP contribution in [0.3, 0.4) is 0 Å². The molecular weight excluding hydrogens is 404 g/mol. The van der Waals surface area contributed by atoms with E-state index < -0.39 is 0 Å². The van der Waals surface area contributed by atoms with E-state index in [4.69, 9.17) is 4.98 Å². The van der Waals surface area contributed by atoms with Gasteiger partial charge < -0.3 is 15.6 Å². The molecule has 0 aliphatic carbocycles. The van der Waals surface area contributed by atoms with Crippen molar-refractivity contribution in [3.05, 3.63) is 86.2 Å². The quantitative estimate of drug-likeness (QED) is 0.356. The van der Waals surface area contributed by atoms with Gasteiger partial charge in [-0.2, -0.15) is 5.10 Å². The molecule has 0 saturated heterocycles. The Bertz CT molecular complexity index is 1420. The number of hydrogen-bond acceptors (Lipinski definition) is 6. The molecule has 0 bridgehead atoms. The van der Waals surface area contributed by atoms with Crippen LogP contribution in [0.25, 0.3) is 28.0 Å². The summed E-state index contributed by atoms with van der Waals surface area (Å²) in [5, 5.41) is 10.4. The molecule has 156 valence electrons. The minimum absolute atomic E-state index is 0.271. The normalized spacial score (nSPS) is 10.8. The summed E-state index contributed by atoms with van der Waals surface area (Å²) in [5.74, 6) is 0.303. The van der Waals surface area contributed by atoms with Crippen LogP contribution in [0.4, 0.5) is 17.2 Å². The number of benzene rings is 1. The molecule has 9 heteroatoms. The van der Waals surface area contributed by atoms with E-state index in [1.165, 1.54) is 6.08 Å². The minimum Gasteiger partial charge on any atom is -0.344 e. The third kappa shape index (κ3) is 3.82. The summed E-state index contributed by atoms with van der Waals surface area (Å²) in [6, 6.07) is 11.1. The summed E-state index contributed by atoms with van der Waals surface area (Å²) in [4.78, 5) is 28.0. The Morgan fingerprint density at radius 1 is 1.12 bits per heavy atom. The summed E-state index contributed by atoms with van der Waals surface area (Å²) < 4.78 is 1.76. The number of hydrogen-bond donors (Lipinski definition) is 3. The Hall–Kier alpha value is -4.79.